The number of nitrogens with one attached hydrogen (secondary N) is 1. The van der Waals surface area contributed by atoms with E-state index in [9.17, 15) is 4.79 Å². The third-order valence-electron chi connectivity index (χ3n) is 5.61. The lowest BCUT2D eigenvalue weighted by Crippen LogP contribution is -2.39. The number of aromatic nitrogens is 3. The molecule has 7 nitrogen and oxygen atoms in total. The lowest BCUT2D eigenvalue weighted by Gasteiger charge is -2.28. The fourth-order valence-corrected chi connectivity index (χ4v) is 4.80. The molecule has 0 spiro atoms. The number of amides is 2. The fourth-order valence-electron chi connectivity index (χ4n) is 3.90. The largest absolute Gasteiger partial charge is 0.481 e. The summed E-state index contributed by atoms with van der Waals surface area (Å²) in [5.41, 5.74) is 5.04. The molecule has 3 aromatic heterocycles. The number of anilines is 1. The molecule has 166 valence electrons. The summed E-state index contributed by atoms with van der Waals surface area (Å²) in [5.74, 6) is 0.580. The SMILES string of the molecule is COc1ncccc1-c1ccc2nc(NC(=O)N3CCC(=Cc4ccccn4)CC3)sc2c1. The van der Waals surface area contributed by atoms with Gasteiger partial charge in [0.2, 0.25) is 5.88 Å². The molecule has 1 N–H and O–H groups in total. The fraction of sp³-hybridized carbons (Fsp3) is 0.200. The van der Waals surface area contributed by atoms with Crippen LogP contribution in [0.5, 0.6) is 5.88 Å². The minimum absolute atomic E-state index is 0.111. The van der Waals surface area contributed by atoms with Crippen LogP contribution < -0.4 is 10.1 Å². The number of pyridine rings is 2. The smallest absolute Gasteiger partial charge is 0.323 e. The van der Waals surface area contributed by atoms with Crippen molar-refractivity contribution in [3.05, 3.63) is 72.2 Å². The van der Waals surface area contributed by atoms with E-state index in [2.05, 4.69) is 32.4 Å². The topological polar surface area (TPSA) is 80.2 Å². The molecule has 8 heteroatoms. The van der Waals surface area contributed by atoms with Crippen LogP contribution in [-0.2, 0) is 0 Å². The molecule has 33 heavy (non-hydrogen) atoms. The second-order valence-electron chi connectivity index (χ2n) is 7.74. The molecule has 4 aromatic rings. The molecule has 1 saturated heterocycles. The Labute approximate surface area is 195 Å². The van der Waals surface area contributed by atoms with Crippen LogP contribution in [0.2, 0.25) is 0 Å². The lowest BCUT2D eigenvalue weighted by molar-refractivity contribution is 0.208. The van der Waals surface area contributed by atoms with Crippen molar-refractivity contribution >= 4 is 38.8 Å². The summed E-state index contributed by atoms with van der Waals surface area (Å²) in [4.78, 5) is 27.9. The highest BCUT2D eigenvalue weighted by molar-refractivity contribution is 7.22. The lowest BCUT2D eigenvalue weighted by atomic mass is 10.0. The summed E-state index contributed by atoms with van der Waals surface area (Å²) in [6.07, 6.45) is 7.32. The Morgan fingerprint density at radius 2 is 1.94 bits per heavy atom. The van der Waals surface area contributed by atoms with Crippen LogP contribution in [0, 0.1) is 0 Å². The van der Waals surface area contributed by atoms with Crippen molar-refractivity contribution in [3.8, 4) is 17.0 Å². The van der Waals surface area contributed by atoms with Crippen LogP contribution in [-0.4, -0.2) is 46.1 Å². The van der Waals surface area contributed by atoms with Crippen molar-refractivity contribution in [2.45, 2.75) is 12.8 Å². The zero-order chi connectivity index (χ0) is 22.6. The molecule has 0 saturated carbocycles. The highest BCUT2D eigenvalue weighted by Crippen LogP contribution is 2.33. The van der Waals surface area contributed by atoms with Gasteiger partial charge < -0.3 is 9.64 Å². The van der Waals surface area contributed by atoms with Gasteiger partial charge in [0.15, 0.2) is 5.13 Å². The molecule has 2 amide bonds. The molecular formula is C25H23N5O2S. The predicted molar refractivity (Wildman–Crippen MR) is 131 cm³/mol. The number of urea groups is 1. The van der Waals surface area contributed by atoms with Gasteiger partial charge in [-0.2, -0.15) is 0 Å². The van der Waals surface area contributed by atoms with E-state index in [1.807, 2.05) is 47.4 Å². The maximum atomic E-state index is 12.8. The summed E-state index contributed by atoms with van der Waals surface area (Å²) in [7, 11) is 1.61. The number of hydrogen-bond acceptors (Lipinski definition) is 6. The number of nitrogens with zero attached hydrogens (tertiary/aromatic N) is 4. The molecule has 0 radical (unpaired) electrons. The highest BCUT2D eigenvalue weighted by Gasteiger charge is 2.20. The van der Waals surface area contributed by atoms with E-state index in [0.717, 1.165) is 39.9 Å². The number of thiazole rings is 1. The molecule has 0 aliphatic carbocycles. The summed E-state index contributed by atoms with van der Waals surface area (Å²) >= 11 is 1.46. The summed E-state index contributed by atoms with van der Waals surface area (Å²) in [6.45, 7) is 1.36. The standard InChI is InChI=1S/C25H23N5O2S/c1-32-23-20(6-4-12-27-23)18-7-8-21-22(16-18)33-24(28-21)29-25(31)30-13-9-17(10-14-30)15-19-5-2-3-11-26-19/h2-8,11-12,15-16H,9-10,13-14H2,1H3,(H,28,29,31). The highest BCUT2D eigenvalue weighted by atomic mass is 32.1. The van der Waals surface area contributed by atoms with Gasteiger partial charge in [0.1, 0.15) is 0 Å². The number of hydrogen-bond donors (Lipinski definition) is 1. The first-order chi connectivity index (χ1) is 16.2. The van der Waals surface area contributed by atoms with E-state index in [4.69, 9.17) is 4.74 Å². The van der Waals surface area contributed by atoms with Crippen LogP contribution in [0.3, 0.4) is 0 Å². The van der Waals surface area contributed by atoms with Gasteiger partial charge in [0, 0.05) is 31.0 Å². The van der Waals surface area contributed by atoms with Crippen molar-refractivity contribution in [2.75, 3.05) is 25.5 Å². The Balaban J connectivity index is 1.26. The normalized spacial score (nSPS) is 13.7. The number of carbonyl (C=O) groups is 1. The number of benzene rings is 1. The van der Waals surface area contributed by atoms with Crippen LogP contribution >= 0.6 is 11.3 Å². The van der Waals surface area contributed by atoms with E-state index in [1.165, 1.54) is 16.9 Å². The first-order valence-electron chi connectivity index (χ1n) is 10.8. The molecule has 1 aliphatic rings. The summed E-state index contributed by atoms with van der Waals surface area (Å²) in [6, 6.07) is 15.6. The van der Waals surface area contributed by atoms with Gasteiger partial charge in [0.25, 0.3) is 0 Å². The minimum Gasteiger partial charge on any atom is -0.481 e. The molecule has 0 atom stereocenters. The minimum atomic E-state index is -0.111. The number of likely N-dealkylation sites (tertiary alicyclic amines) is 1. The van der Waals surface area contributed by atoms with Crippen molar-refractivity contribution in [1.82, 2.24) is 19.9 Å². The molecule has 5 rings (SSSR count). The number of fused-ring (bicyclic) bond motifs is 1. The Hall–Kier alpha value is -3.78. The van der Waals surface area contributed by atoms with Gasteiger partial charge in [-0.1, -0.05) is 29.0 Å². The van der Waals surface area contributed by atoms with E-state index in [1.54, 1.807) is 19.5 Å². The molecule has 1 fully saturated rings. The predicted octanol–water partition coefficient (Wildman–Crippen LogP) is 5.47. The van der Waals surface area contributed by atoms with E-state index >= 15 is 0 Å². The van der Waals surface area contributed by atoms with Gasteiger partial charge in [-0.3, -0.25) is 10.3 Å². The number of methoxy groups -OCH3 is 1. The van der Waals surface area contributed by atoms with Crippen LogP contribution in [0.4, 0.5) is 9.93 Å². The summed E-state index contributed by atoms with van der Waals surface area (Å²) < 4.78 is 6.38. The van der Waals surface area contributed by atoms with E-state index in [-0.39, 0.29) is 6.03 Å². The molecular weight excluding hydrogens is 434 g/mol. The first-order valence-corrected chi connectivity index (χ1v) is 11.6. The summed E-state index contributed by atoms with van der Waals surface area (Å²) in [5, 5.41) is 3.57. The molecule has 0 unspecified atom stereocenters. The monoisotopic (exact) mass is 457 g/mol. The Kier molecular flexibility index (Phi) is 5.99. The Bertz CT molecular complexity index is 1310. The molecule has 1 aromatic carbocycles. The second kappa shape index (κ2) is 9.38. The van der Waals surface area contributed by atoms with Gasteiger partial charge in [-0.15, -0.1) is 0 Å². The van der Waals surface area contributed by atoms with E-state index < -0.39 is 0 Å². The van der Waals surface area contributed by atoms with Gasteiger partial charge >= 0.3 is 6.03 Å². The molecule has 1 aliphatic heterocycles. The average Bonchev–Trinajstić information content (AvgIpc) is 3.26. The number of ether oxygens (including phenoxy) is 1. The Morgan fingerprint density at radius 1 is 1.09 bits per heavy atom. The second-order valence-corrected chi connectivity index (χ2v) is 8.77. The molecule has 4 heterocycles. The van der Waals surface area contributed by atoms with Crippen LogP contribution in [0.25, 0.3) is 27.4 Å². The third-order valence-corrected chi connectivity index (χ3v) is 6.54. The number of piperidine rings is 1. The Morgan fingerprint density at radius 3 is 2.73 bits per heavy atom. The molecule has 0 bridgehead atoms. The third kappa shape index (κ3) is 4.70. The van der Waals surface area contributed by atoms with Gasteiger partial charge in [-0.05, 0) is 60.9 Å². The zero-order valence-corrected chi connectivity index (χ0v) is 19.0. The van der Waals surface area contributed by atoms with Crippen molar-refractivity contribution < 1.29 is 9.53 Å². The van der Waals surface area contributed by atoms with Crippen LogP contribution in [0.15, 0.2) is 66.5 Å². The average molecular weight is 458 g/mol. The van der Waals surface area contributed by atoms with E-state index in [0.29, 0.717) is 24.1 Å². The number of rotatable bonds is 4. The van der Waals surface area contributed by atoms with Crippen molar-refractivity contribution in [2.24, 2.45) is 0 Å². The van der Waals surface area contributed by atoms with Crippen molar-refractivity contribution in [1.29, 1.82) is 0 Å². The van der Waals surface area contributed by atoms with Crippen molar-refractivity contribution in [3.63, 3.8) is 0 Å². The maximum absolute atomic E-state index is 12.8. The quantitative estimate of drug-likeness (QED) is 0.439. The van der Waals surface area contributed by atoms with Gasteiger partial charge in [0.05, 0.1) is 23.0 Å². The maximum Gasteiger partial charge on any atom is 0.323 e. The number of carbonyl (C=O) groups excluding carboxylic acids is 1. The first kappa shape index (κ1) is 21.1. The van der Waals surface area contributed by atoms with Gasteiger partial charge in [-0.25, -0.2) is 14.8 Å². The van der Waals surface area contributed by atoms with Crippen LogP contribution in [0.1, 0.15) is 18.5 Å². The zero-order valence-electron chi connectivity index (χ0n) is 18.2.